The molecular formula is C55H53N5O6S2. The Bertz CT molecular complexity index is 2780. The molecule has 346 valence electrons. The summed E-state index contributed by atoms with van der Waals surface area (Å²) in [5.41, 5.74) is 5.59. The lowest BCUT2D eigenvalue weighted by Crippen LogP contribution is -2.32. The largest absolute Gasteiger partial charge is 0.480 e. The monoisotopic (exact) mass is 943 g/mol. The van der Waals surface area contributed by atoms with Crippen molar-refractivity contribution in [3.05, 3.63) is 215 Å². The Morgan fingerprint density at radius 3 is 1.49 bits per heavy atom. The number of ketones is 2. The van der Waals surface area contributed by atoms with Crippen molar-refractivity contribution in [2.45, 2.75) is 41.3 Å². The number of benzene rings is 6. The predicted octanol–water partition coefficient (Wildman–Crippen LogP) is 9.87. The van der Waals surface area contributed by atoms with Crippen LogP contribution in [0, 0.1) is 0 Å². The van der Waals surface area contributed by atoms with Gasteiger partial charge in [0.15, 0.2) is 11.6 Å². The van der Waals surface area contributed by atoms with Crippen LogP contribution in [-0.2, 0) is 29.0 Å². The molecule has 0 saturated heterocycles. The van der Waals surface area contributed by atoms with Crippen molar-refractivity contribution >= 4 is 64.2 Å². The summed E-state index contributed by atoms with van der Waals surface area (Å²) < 4.78 is 0. The number of aromatic nitrogens is 1. The van der Waals surface area contributed by atoms with Crippen LogP contribution in [-0.4, -0.2) is 82.4 Å². The lowest BCUT2D eigenvalue weighted by molar-refractivity contribution is -0.138. The zero-order valence-electron chi connectivity index (χ0n) is 37.6. The molecule has 0 spiro atoms. The minimum atomic E-state index is -1.00. The van der Waals surface area contributed by atoms with Gasteiger partial charge in [-0.05, 0) is 71.8 Å². The minimum absolute atomic E-state index is 0.170. The number of anilines is 3. The van der Waals surface area contributed by atoms with E-state index in [9.17, 15) is 29.4 Å². The van der Waals surface area contributed by atoms with Crippen LogP contribution in [0.4, 0.5) is 17.2 Å². The highest BCUT2D eigenvalue weighted by molar-refractivity contribution is 7.99. The van der Waals surface area contributed by atoms with Crippen molar-refractivity contribution in [2.24, 2.45) is 0 Å². The Hall–Kier alpha value is -7.19. The van der Waals surface area contributed by atoms with E-state index in [0.29, 0.717) is 40.2 Å². The van der Waals surface area contributed by atoms with Crippen molar-refractivity contribution < 1.29 is 29.4 Å². The SMILES string of the molecule is CN(CCSc1ccc(CC(Nc2ccccc2C(=O)c2ccccc2)C(=O)O)cc1)c1cccc(CNCCSc2ccc(CC(Nc3ccccc3C(=O)c3ccccc3)C(=O)O)cc2)n1. The lowest BCUT2D eigenvalue weighted by atomic mass is 10.00. The molecule has 11 nitrogen and oxygen atoms in total. The van der Waals surface area contributed by atoms with Gasteiger partial charge in [0.25, 0.3) is 0 Å². The number of rotatable bonds is 25. The second kappa shape index (κ2) is 24.5. The number of thioether (sulfide) groups is 2. The van der Waals surface area contributed by atoms with E-state index in [2.05, 4.69) is 20.9 Å². The molecule has 0 aliphatic carbocycles. The number of pyridine rings is 1. The maximum atomic E-state index is 13.2. The summed E-state index contributed by atoms with van der Waals surface area (Å²) in [7, 11) is 2.03. The molecule has 7 aromatic rings. The first kappa shape index (κ1) is 48.7. The summed E-state index contributed by atoms with van der Waals surface area (Å²) in [6, 6.07) is 52.0. The van der Waals surface area contributed by atoms with E-state index in [1.807, 2.05) is 85.9 Å². The van der Waals surface area contributed by atoms with Gasteiger partial charge in [0.2, 0.25) is 0 Å². The third-order valence-corrected chi connectivity index (χ3v) is 13.1. The van der Waals surface area contributed by atoms with Gasteiger partial charge in [-0.1, -0.05) is 115 Å². The number of nitrogens with zero attached hydrogens (tertiary/aromatic N) is 2. The van der Waals surface area contributed by atoms with Crippen LogP contribution in [0.25, 0.3) is 0 Å². The molecule has 13 heteroatoms. The number of nitrogens with one attached hydrogen (secondary N) is 3. The first-order valence-electron chi connectivity index (χ1n) is 22.3. The normalized spacial score (nSPS) is 11.8. The van der Waals surface area contributed by atoms with Crippen molar-refractivity contribution in [1.82, 2.24) is 10.3 Å². The van der Waals surface area contributed by atoms with Crippen LogP contribution in [0.2, 0.25) is 0 Å². The zero-order valence-corrected chi connectivity index (χ0v) is 39.2. The number of carboxylic acid groups (broad SMARTS) is 2. The third-order valence-electron chi connectivity index (χ3n) is 11.1. The number of hydrogen-bond acceptors (Lipinski definition) is 11. The van der Waals surface area contributed by atoms with Gasteiger partial charge in [-0.3, -0.25) is 9.59 Å². The van der Waals surface area contributed by atoms with Crippen LogP contribution < -0.4 is 20.9 Å². The highest BCUT2D eigenvalue weighted by Crippen LogP contribution is 2.25. The summed E-state index contributed by atoms with van der Waals surface area (Å²) in [5, 5.41) is 29.9. The van der Waals surface area contributed by atoms with Gasteiger partial charge >= 0.3 is 11.9 Å². The molecule has 1 heterocycles. The van der Waals surface area contributed by atoms with Gasteiger partial charge in [0.05, 0.1) is 5.69 Å². The van der Waals surface area contributed by atoms with Crippen molar-refractivity contribution in [2.75, 3.05) is 47.2 Å². The molecule has 5 N–H and O–H groups in total. The molecule has 0 amide bonds. The smallest absolute Gasteiger partial charge is 0.326 e. The van der Waals surface area contributed by atoms with E-state index in [1.54, 1.807) is 121 Å². The number of hydrogen-bond donors (Lipinski definition) is 5. The molecule has 0 bridgehead atoms. The van der Waals surface area contributed by atoms with Crippen molar-refractivity contribution in [3.8, 4) is 0 Å². The summed E-state index contributed by atoms with van der Waals surface area (Å²) in [6.45, 7) is 2.17. The number of carboxylic acids is 2. The summed E-state index contributed by atoms with van der Waals surface area (Å²) >= 11 is 3.44. The number of carbonyl (C=O) groups is 4. The molecule has 0 radical (unpaired) electrons. The fourth-order valence-corrected chi connectivity index (χ4v) is 9.19. The van der Waals surface area contributed by atoms with E-state index in [4.69, 9.17) is 4.98 Å². The highest BCUT2D eigenvalue weighted by atomic mass is 32.2. The molecule has 0 aliphatic heterocycles. The van der Waals surface area contributed by atoms with E-state index in [-0.39, 0.29) is 24.4 Å². The highest BCUT2D eigenvalue weighted by Gasteiger charge is 2.23. The van der Waals surface area contributed by atoms with E-state index in [0.717, 1.165) is 57.0 Å². The average molecular weight is 944 g/mol. The Labute approximate surface area is 405 Å². The van der Waals surface area contributed by atoms with E-state index in [1.165, 1.54) is 0 Å². The van der Waals surface area contributed by atoms with Crippen molar-refractivity contribution in [3.63, 3.8) is 0 Å². The average Bonchev–Trinajstić information content (AvgIpc) is 3.37. The van der Waals surface area contributed by atoms with E-state index >= 15 is 0 Å². The molecule has 0 aliphatic rings. The first-order chi connectivity index (χ1) is 33.1. The quantitative estimate of drug-likeness (QED) is 0.0210. The van der Waals surface area contributed by atoms with Crippen LogP contribution in [0.5, 0.6) is 0 Å². The van der Waals surface area contributed by atoms with Crippen molar-refractivity contribution in [1.29, 1.82) is 0 Å². The van der Waals surface area contributed by atoms with Gasteiger partial charge in [-0.15, -0.1) is 23.5 Å². The Morgan fingerprint density at radius 2 is 1.00 bits per heavy atom. The third kappa shape index (κ3) is 13.9. The number of para-hydroxylation sites is 2. The van der Waals surface area contributed by atoms with Gasteiger partial charge in [0.1, 0.15) is 17.9 Å². The maximum absolute atomic E-state index is 13.2. The molecule has 0 saturated carbocycles. The Balaban J connectivity index is 0.816. The minimum Gasteiger partial charge on any atom is -0.480 e. The first-order valence-corrected chi connectivity index (χ1v) is 24.3. The van der Waals surface area contributed by atoms with Crippen LogP contribution >= 0.6 is 23.5 Å². The van der Waals surface area contributed by atoms with Gasteiger partial charge < -0.3 is 31.1 Å². The van der Waals surface area contributed by atoms with Gasteiger partial charge in [-0.25, -0.2) is 14.6 Å². The lowest BCUT2D eigenvalue weighted by Gasteiger charge is -2.19. The predicted molar refractivity (Wildman–Crippen MR) is 274 cm³/mol. The van der Waals surface area contributed by atoms with Crippen LogP contribution in [0.15, 0.2) is 186 Å². The van der Waals surface area contributed by atoms with Crippen LogP contribution in [0.1, 0.15) is 48.7 Å². The maximum Gasteiger partial charge on any atom is 0.326 e. The van der Waals surface area contributed by atoms with Crippen LogP contribution in [0.3, 0.4) is 0 Å². The zero-order chi connectivity index (χ0) is 47.7. The second-order valence-corrected chi connectivity index (χ2v) is 18.4. The molecule has 2 unspecified atom stereocenters. The Morgan fingerprint density at radius 1 is 0.544 bits per heavy atom. The van der Waals surface area contributed by atoms with Gasteiger partial charge in [-0.2, -0.15) is 0 Å². The molecule has 2 atom stereocenters. The van der Waals surface area contributed by atoms with E-state index < -0.39 is 24.0 Å². The number of aliphatic carboxylic acids is 2. The molecule has 7 rings (SSSR count). The summed E-state index contributed by atoms with van der Waals surface area (Å²) in [6.07, 6.45) is 0.497. The molecule has 68 heavy (non-hydrogen) atoms. The Kier molecular flexibility index (Phi) is 17.6. The fraction of sp³-hybridized carbons (Fsp3) is 0.182. The topological polar surface area (TPSA) is 161 Å². The fourth-order valence-electron chi connectivity index (χ4n) is 7.44. The summed E-state index contributed by atoms with van der Waals surface area (Å²) in [5.74, 6) is 0.213. The molecular weight excluding hydrogens is 891 g/mol. The molecule has 1 aromatic heterocycles. The standard InChI is InChI=1S/C55H53N5O6S2/c1-60(32-34-68-44-29-25-39(26-30-44)36-50(55(65)66)59-48-21-11-9-19-46(48)53(62)41-15-6-3-7-16-41)51-22-12-17-42(57-51)37-56-31-33-67-43-27-23-38(24-28-43)35-49(54(63)64)58-47-20-10-8-18-45(47)52(61)40-13-4-2-5-14-40/h2-30,49-50,56,58-59H,31-37H2,1H3,(H,63,64)(H,65,66). The van der Waals surface area contributed by atoms with Gasteiger partial charge in [0, 0.05) is 94.4 Å². The number of carbonyl (C=O) groups excluding carboxylic acids is 2. The molecule has 0 fully saturated rings. The summed E-state index contributed by atoms with van der Waals surface area (Å²) in [4.78, 5) is 60.2. The second-order valence-electron chi connectivity index (χ2n) is 16.0. The molecule has 6 aromatic carbocycles.